The molecule has 5 nitrogen and oxygen atoms in total. The summed E-state index contributed by atoms with van der Waals surface area (Å²) in [5.41, 5.74) is 6.25. The summed E-state index contributed by atoms with van der Waals surface area (Å²) in [5, 5.41) is 12.3. The maximum Gasteiger partial charge on any atom is 0.192 e. The Kier molecular flexibility index (Phi) is 3.56. The van der Waals surface area contributed by atoms with Crippen LogP contribution in [0, 0.1) is 0 Å². The molecule has 1 aromatic carbocycles. The van der Waals surface area contributed by atoms with Crippen molar-refractivity contribution in [2.45, 2.75) is 10.1 Å². The number of nitrogens with two attached hydrogens (primary N) is 1. The first-order valence-electron chi connectivity index (χ1n) is 4.83. The number of hydrogen-bond donors (Lipinski definition) is 2. The SMILES string of the molecule is N/C(=N\O)c1ccccc1Sc1ncccn1. The van der Waals surface area contributed by atoms with E-state index >= 15 is 0 Å². The first-order valence-corrected chi connectivity index (χ1v) is 5.64. The van der Waals surface area contributed by atoms with E-state index in [9.17, 15) is 0 Å². The molecule has 2 aromatic rings. The lowest BCUT2D eigenvalue weighted by atomic mass is 10.2. The molecule has 17 heavy (non-hydrogen) atoms. The molecule has 2 rings (SSSR count). The van der Waals surface area contributed by atoms with E-state index in [1.807, 2.05) is 18.2 Å². The smallest absolute Gasteiger partial charge is 0.192 e. The van der Waals surface area contributed by atoms with Crippen LogP contribution >= 0.6 is 11.8 Å². The molecule has 0 saturated carbocycles. The third-order valence-electron chi connectivity index (χ3n) is 2.01. The van der Waals surface area contributed by atoms with Crippen LogP contribution in [0.3, 0.4) is 0 Å². The molecule has 6 heteroatoms. The molecule has 0 atom stereocenters. The van der Waals surface area contributed by atoms with Crippen molar-refractivity contribution in [1.82, 2.24) is 9.97 Å². The highest BCUT2D eigenvalue weighted by molar-refractivity contribution is 7.99. The van der Waals surface area contributed by atoms with Crippen LogP contribution in [0.2, 0.25) is 0 Å². The normalized spacial score (nSPS) is 11.4. The van der Waals surface area contributed by atoms with E-state index in [0.29, 0.717) is 10.7 Å². The van der Waals surface area contributed by atoms with E-state index in [2.05, 4.69) is 15.1 Å². The van der Waals surface area contributed by atoms with E-state index in [1.54, 1.807) is 24.5 Å². The summed E-state index contributed by atoms with van der Waals surface area (Å²) in [6.45, 7) is 0. The number of benzene rings is 1. The van der Waals surface area contributed by atoms with E-state index in [0.717, 1.165) is 4.90 Å². The third-order valence-corrected chi connectivity index (χ3v) is 2.98. The number of amidine groups is 1. The van der Waals surface area contributed by atoms with Crippen LogP contribution < -0.4 is 5.73 Å². The lowest BCUT2D eigenvalue weighted by Gasteiger charge is -2.05. The quantitative estimate of drug-likeness (QED) is 0.283. The second kappa shape index (κ2) is 5.31. The molecular formula is C11H10N4OS. The molecule has 0 aliphatic carbocycles. The first-order chi connectivity index (χ1) is 8.31. The molecule has 1 heterocycles. The van der Waals surface area contributed by atoms with Crippen LogP contribution in [-0.2, 0) is 0 Å². The Balaban J connectivity index is 2.33. The Morgan fingerprint density at radius 2 is 1.88 bits per heavy atom. The van der Waals surface area contributed by atoms with Gasteiger partial charge in [0.05, 0.1) is 0 Å². The van der Waals surface area contributed by atoms with Crippen LogP contribution in [-0.4, -0.2) is 21.0 Å². The van der Waals surface area contributed by atoms with Gasteiger partial charge in [-0.1, -0.05) is 23.4 Å². The Hall–Kier alpha value is -2.08. The molecule has 0 aliphatic rings. The highest BCUT2D eigenvalue weighted by atomic mass is 32.2. The van der Waals surface area contributed by atoms with Crippen molar-refractivity contribution < 1.29 is 5.21 Å². The summed E-state index contributed by atoms with van der Waals surface area (Å²) in [7, 11) is 0. The predicted octanol–water partition coefficient (Wildman–Crippen LogP) is 1.72. The second-order valence-corrected chi connectivity index (χ2v) is 4.12. The number of rotatable bonds is 3. The van der Waals surface area contributed by atoms with Crippen molar-refractivity contribution in [2.75, 3.05) is 0 Å². The molecule has 0 fully saturated rings. The standard InChI is InChI=1S/C11H10N4OS/c12-10(15-16)8-4-1-2-5-9(8)17-11-13-6-3-7-14-11/h1-7,16H,(H2,12,15). The molecular weight excluding hydrogens is 236 g/mol. The minimum atomic E-state index is 0.0732. The number of oxime groups is 1. The number of aromatic nitrogens is 2. The summed E-state index contributed by atoms with van der Waals surface area (Å²) in [6.07, 6.45) is 3.34. The maximum atomic E-state index is 8.70. The fourth-order valence-electron chi connectivity index (χ4n) is 1.26. The zero-order valence-corrected chi connectivity index (χ0v) is 9.63. The average molecular weight is 246 g/mol. The molecule has 86 valence electrons. The van der Waals surface area contributed by atoms with Gasteiger partial charge < -0.3 is 10.9 Å². The minimum Gasteiger partial charge on any atom is -0.409 e. The van der Waals surface area contributed by atoms with Gasteiger partial charge in [0, 0.05) is 22.9 Å². The van der Waals surface area contributed by atoms with Gasteiger partial charge in [0.1, 0.15) is 0 Å². The summed E-state index contributed by atoms with van der Waals surface area (Å²) in [6, 6.07) is 9.09. The Morgan fingerprint density at radius 1 is 1.18 bits per heavy atom. The topological polar surface area (TPSA) is 84.4 Å². The third kappa shape index (κ3) is 2.73. The monoisotopic (exact) mass is 246 g/mol. The predicted molar refractivity (Wildman–Crippen MR) is 65.1 cm³/mol. The lowest BCUT2D eigenvalue weighted by molar-refractivity contribution is 0.318. The van der Waals surface area contributed by atoms with Gasteiger partial charge in [-0.2, -0.15) is 0 Å². The molecule has 0 radical (unpaired) electrons. The number of hydrogen-bond acceptors (Lipinski definition) is 5. The molecule has 0 spiro atoms. The summed E-state index contributed by atoms with van der Waals surface area (Å²) in [4.78, 5) is 9.06. The van der Waals surface area contributed by atoms with Crippen LogP contribution in [0.15, 0.2) is 57.9 Å². The second-order valence-electron chi connectivity index (χ2n) is 3.11. The van der Waals surface area contributed by atoms with Crippen molar-refractivity contribution >= 4 is 17.6 Å². The van der Waals surface area contributed by atoms with Gasteiger partial charge in [0.2, 0.25) is 0 Å². The molecule has 1 aromatic heterocycles. The van der Waals surface area contributed by atoms with Crippen LogP contribution in [0.1, 0.15) is 5.56 Å². The lowest BCUT2D eigenvalue weighted by Crippen LogP contribution is -2.14. The van der Waals surface area contributed by atoms with Gasteiger partial charge in [-0.3, -0.25) is 0 Å². The van der Waals surface area contributed by atoms with Gasteiger partial charge in [0.15, 0.2) is 11.0 Å². The zero-order valence-electron chi connectivity index (χ0n) is 8.82. The van der Waals surface area contributed by atoms with Crippen molar-refractivity contribution in [3.05, 3.63) is 48.3 Å². The fourth-order valence-corrected chi connectivity index (χ4v) is 2.11. The van der Waals surface area contributed by atoms with Crippen LogP contribution in [0.5, 0.6) is 0 Å². The van der Waals surface area contributed by atoms with E-state index < -0.39 is 0 Å². The molecule has 0 aliphatic heterocycles. The molecule has 0 unspecified atom stereocenters. The molecule has 0 amide bonds. The van der Waals surface area contributed by atoms with E-state index in [1.165, 1.54) is 11.8 Å². The minimum absolute atomic E-state index is 0.0732. The zero-order chi connectivity index (χ0) is 12.1. The highest BCUT2D eigenvalue weighted by Gasteiger charge is 2.08. The Bertz CT molecular complexity index is 530. The Morgan fingerprint density at radius 3 is 2.59 bits per heavy atom. The molecule has 3 N–H and O–H groups in total. The Labute approximate surface area is 102 Å². The largest absolute Gasteiger partial charge is 0.409 e. The van der Waals surface area contributed by atoms with E-state index in [4.69, 9.17) is 10.9 Å². The summed E-state index contributed by atoms with van der Waals surface area (Å²) >= 11 is 1.36. The first kappa shape index (κ1) is 11.4. The van der Waals surface area contributed by atoms with Gasteiger partial charge in [-0.05, 0) is 23.9 Å². The maximum absolute atomic E-state index is 8.70. The van der Waals surface area contributed by atoms with Gasteiger partial charge in [-0.25, -0.2) is 9.97 Å². The van der Waals surface area contributed by atoms with Crippen LogP contribution in [0.25, 0.3) is 0 Å². The van der Waals surface area contributed by atoms with Gasteiger partial charge in [-0.15, -0.1) is 0 Å². The summed E-state index contributed by atoms with van der Waals surface area (Å²) in [5.74, 6) is 0.0732. The van der Waals surface area contributed by atoms with Gasteiger partial charge >= 0.3 is 0 Å². The van der Waals surface area contributed by atoms with Crippen molar-refractivity contribution in [3.63, 3.8) is 0 Å². The average Bonchev–Trinajstić information content (AvgIpc) is 2.40. The highest BCUT2D eigenvalue weighted by Crippen LogP contribution is 2.27. The number of nitrogens with zero attached hydrogens (tertiary/aromatic N) is 3. The van der Waals surface area contributed by atoms with Crippen molar-refractivity contribution in [1.29, 1.82) is 0 Å². The summed E-state index contributed by atoms with van der Waals surface area (Å²) < 4.78 is 0. The molecule has 0 bridgehead atoms. The molecule has 0 saturated heterocycles. The fraction of sp³-hybridized carbons (Fsp3) is 0. The van der Waals surface area contributed by atoms with Crippen molar-refractivity contribution in [2.24, 2.45) is 10.9 Å². The van der Waals surface area contributed by atoms with Gasteiger partial charge in [0.25, 0.3) is 0 Å². The van der Waals surface area contributed by atoms with Crippen LogP contribution in [0.4, 0.5) is 0 Å². The van der Waals surface area contributed by atoms with Crippen molar-refractivity contribution in [3.8, 4) is 0 Å². The van der Waals surface area contributed by atoms with E-state index in [-0.39, 0.29) is 5.84 Å².